The summed E-state index contributed by atoms with van der Waals surface area (Å²) in [5.41, 5.74) is 1.06. The first-order chi connectivity index (χ1) is 10.6. The van der Waals surface area contributed by atoms with Gasteiger partial charge in [-0.25, -0.2) is 4.99 Å². The highest BCUT2D eigenvalue weighted by Gasteiger charge is 2.23. The van der Waals surface area contributed by atoms with Gasteiger partial charge in [-0.2, -0.15) is 0 Å². The molecule has 22 heavy (non-hydrogen) atoms. The maximum absolute atomic E-state index is 12.1. The summed E-state index contributed by atoms with van der Waals surface area (Å²) < 4.78 is 11.4. The molecule has 7 heteroatoms. The van der Waals surface area contributed by atoms with E-state index in [0.29, 0.717) is 27.8 Å². The number of ether oxygens (including phenoxy) is 2. The van der Waals surface area contributed by atoms with Gasteiger partial charge in [0.25, 0.3) is 0 Å². The van der Waals surface area contributed by atoms with Crippen molar-refractivity contribution in [3.8, 4) is 11.5 Å². The van der Waals surface area contributed by atoms with Crippen molar-refractivity contribution in [1.29, 1.82) is 0 Å². The molecular formula is C15H16ClNO3S2. The third kappa shape index (κ3) is 4.00. The zero-order valence-electron chi connectivity index (χ0n) is 12.5. The fourth-order valence-electron chi connectivity index (χ4n) is 1.85. The SMILES string of the molecule is CCCSC1=N/C(=C/c2cc(Cl)cc(OC)c2OC)C(=O)S1. The smallest absolute Gasteiger partial charge is 0.244 e. The van der Waals surface area contributed by atoms with E-state index < -0.39 is 0 Å². The maximum atomic E-state index is 12.1. The van der Waals surface area contributed by atoms with Gasteiger partial charge in [-0.1, -0.05) is 30.3 Å². The second-order valence-electron chi connectivity index (χ2n) is 4.38. The lowest BCUT2D eigenvalue weighted by Gasteiger charge is -2.11. The first-order valence-electron chi connectivity index (χ1n) is 6.66. The van der Waals surface area contributed by atoms with E-state index in [2.05, 4.69) is 11.9 Å². The molecule has 1 aromatic rings. The fraction of sp³-hybridized carbons (Fsp3) is 0.333. The van der Waals surface area contributed by atoms with E-state index in [9.17, 15) is 4.79 Å². The first-order valence-corrected chi connectivity index (χ1v) is 8.84. The van der Waals surface area contributed by atoms with Crippen LogP contribution in [0.4, 0.5) is 0 Å². The van der Waals surface area contributed by atoms with Gasteiger partial charge in [0.05, 0.1) is 14.2 Å². The summed E-state index contributed by atoms with van der Waals surface area (Å²) in [6.07, 6.45) is 2.72. The van der Waals surface area contributed by atoms with Crippen LogP contribution in [0.15, 0.2) is 22.8 Å². The summed E-state index contributed by atoms with van der Waals surface area (Å²) in [5.74, 6) is 1.99. The third-order valence-electron chi connectivity index (χ3n) is 2.80. The monoisotopic (exact) mass is 357 g/mol. The highest BCUT2D eigenvalue weighted by Crippen LogP contribution is 2.38. The van der Waals surface area contributed by atoms with E-state index in [-0.39, 0.29) is 5.12 Å². The van der Waals surface area contributed by atoms with Crippen LogP contribution in [0.2, 0.25) is 5.02 Å². The number of hydrogen-bond acceptors (Lipinski definition) is 6. The van der Waals surface area contributed by atoms with Crippen LogP contribution in [0, 0.1) is 0 Å². The molecule has 0 N–H and O–H groups in total. The molecule has 0 radical (unpaired) electrons. The highest BCUT2D eigenvalue weighted by atomic mass is 35.5. The van der Waals surface area contributed by atoms with Gasteiger partial charge < -0.3 is 9.47 Å². The van der Waals surface area contributed by atoms with Crippen LogP contribution in [0.25, 0.3) is 6.08 Å². The molecule has 4 nitrogen and oxygen atoms in total. The van der Waals surface area contributed by atoms with Crippen LogP contribution in [-0.2, 0) is 4.79 Å². The van der Waals surface area contributed by atoms with Crippen LogP contribution in [0.1, 0.15) is 18.9 Å². The summed E-state index contributed by atoms with van der Waals surface area (Å²) in [6, 6.07) is 3.39. The molecule has 1 heterocycles. The largest absolute Gasteiger partial charge is 0.493 e. The van der Waals surface area contributed by atoms with Crippen LogP contribution in [0.5, 0.6) is 11.5 Å². The Morgan fingerprint density at radius 3 is 2.77 bits per heavy atom. The number of carbonyl (C=O) groups excluding carboxylic acids is 1. The number of thioether (sulfide) groups is 2. The molecule has 0 amide bonds. The Balaban J connectivity index is 2.38. The van der Waals surface area contributed by atoms with Gasteiger partial charge in [-0.15, -0.1) is 0 Å². The van der Waals surface area contributed by atoms with E-state index in [1.807, 2.05) is 0 Å². The minimum absolute atomic E-state index is 0.0698. The standard InChI is InChI=1S/C15H16ClNO3S2/c1-4-5-21-15-17-11(14(18)22-15)7-9-6-10(16)8-12(19-2)13(9)20-3/h6-8H,4-5H2,1-3H3/b11-7+. The van der Waals surface area contributed by atoms with Gasteiger partial charge in [-0.05, 0) is 36.1 Å². The summed E-state index contributed by atoms with van der Waals surface area (Å²) in [4.78, 5) is 16.4. The minimum atomic E-state index is -0.0698. The van der Waals surface area contributed by atoms with Crippen LogP contribution < -0.4 is 9.47 Å². The van der Waals surface area contributed by atoms with Crippen molar-refractivity contribution in [2.45, 2.75) is 13.3 Å². The predicted octanol–water partition coefficient (Wildman–Crippen LogP) is 4.47. The summed E-state index contributed by atoms with van der Waals surface area (Å²) >= 11 is 8.84. The predicted molar refractivity (Wildman–Crippen MR) is 95.3 cm³/mol. The summed E-state index contributed by atoms with van der Waals surface area (Å²) in [6.45, 7) is 2.09. The third-order valence-corrected chi connectivity index (χ3v) is 5.23. The first kappa shape index (κ1) is 17.2. The zero-order chi connectivity index (χ0) is 16.1. The molecule has 1 aliphatic heterocycles. The number of aliphatic imine (C=N–C) groups is 1. The van der Waals surface area contributed by atoms with Crippen LogP contribution in [-0.4, -0.2) is 29.5 Å². The molecule has 118 valence electrons. The molecule has 1 aliphatic rings. The van der Waals surface area contributed by atoms with E-state index in [4.69, 9.17) is 21.1 Å². The fourth-order valence-corrected chi connectivity index (χ4v) is 3.84. The van der Waals surface area contributed by atoms with Crippen molar-refractivity contribution in [1.82, 2.24) is 0 Å². The second kappa shape index (κ2) is 7.94. The zero-order valence-corrected chi connectivity index (χ0v) is 14.9. The Morgan fingerprint density at radius 1 is 1.36 bits per heavy atom. The van der Waals surface area contributed by atoms with Crippen LogP contribution >= 0.6 is 35.1 Å². The van der Waals surface area contributed by atoms with Crippen molar-refractivity contribution in [2.24, 2.45) is 4.99 Å². The summed E-state index contributed by atoms with van der Waals surface area (Å²) in [7, 11) is 3.09. The molecular weight excluding hydrogens is 342 g/mol. The molecule has 0 fully saturated rings. The van der Waals surface area contributed by atoms with E-state index in [0.717, 1.165) is 28.3 Å². The van der Waals surface area contributed by atoms with Crippen molar-refractivity contribution in [2.75, 3.05) is 20.0 Å². The van der Waals surface area contributed by atoms with E-state index in [1.54, 1.807) is 44.2 Å². The number of hydrogen-bond donors (Lipinski definition) is 0. The minimum Gasteiger partial charge on any atom is -0.493 e. The van der Waals surface area contributed by atoms with Gasteiger partial charge in [0, 0.05) is 16.7 Å². The number of rotatable bonds is 5. The Kier molecular flexibility index (Phi) is 6.23. The van der Waals surface area contributed by atoms with Crippen molar-refractivity contribution >= 4 is 50.7 Å². The maximum Gasteiger partial charge on any atom is 0.244 e. The Morgan fingerprint density at radius 2 is 2.14 bits per heavy atom. The molecule has 0 saturated heterocycles. The van der Waals surface area contributed by atoms with Gasteiger partial charge >= 0.3 is 0 Å². The molecule has 0 atom stereocenters. The van der Waals surface area contributed by atoms with Gasteiger partial charge in [0.2, 0.25) is 5.12 Å². The molecule has 0 aromatic heterocycles. The van der Waals surface area contributed by atoms with Crippen molar-refractivity contribution < 1.29 is 14.3 Å². The van der Waals surface area contributed by atoms with Crippen LogP contribution in [0.3, 0.4) is 0 Å². The lowest BCUT2D eigenvalue weighted by atomic mass is 10.1. The van der Waals surface area contributed by atoms with E-state index >= 15 is 0 Å². The topological polar surface area (TPSA) is 47.9 Å². The Hall–Kier alpha value is -1.11. The molecule has 0 saturated carbocycles. The molecule has 2 rings (SSSR count). The van der Waals surface area contributed by atoms with Crippen molar-refractivity contribution in [3.05, 3.63) is 28.4 Å². The number of halogens is 1. The average Bonchev–Trinajstić information content (AvgIpc) is 2.84. The van der Waals surface area contributed by atoms with Gasteiger partial charge in [-0.3, -0.25) is 4.79 Å². The van der Waals surface area contributed by atoms with Crippen molar-refractivity contribution in [3.63, 3.8) is 0 Å². The normalized spacial score (nSPS) is 16.1. The van der Waals surface area contributed by atoms with E-state index in [1.165, 1.54) is 0 Å². The molecule has 0 unspecified atom stereocenters. The second-order valence-corrected chi connectivity index (χ2v) is 7.12. The van der Waals surface area contributed by atoms with Gasteiger partial charge in [0.1, 0.15) is 10.1 Å². The highest BCUT2D eigenvalue weighted by molar-refractivity contribution is 8.45. The lowest BCUT2D eigenvalue weighted by molar-refractivity contribution is -0.107. The number of methoxy groups -OCH3 is 2. The Bertz CT molecular complexity index is 644. The number of benzene rings is 1. The number of nitrogens with zero attached hydrogens (tertiary/aromatic N) is 1. The summed E-state index contributed by atoms with van der Waals surface area (Å²) in [5, 5.41) is 0.437. The lowest BCUT2D eigenvalue weighted by Crippen LogP contribution is -1.95. The molecule has 0 bridgehead atoms. The number of carbonyl (C=O) groups is 1. The quantitative estimate of drug-likeness (QED) is 0.727. The van der Waals surface area contributed by atoms with Gasteiger partial charge in [0.15, 0.2) is 11.5 Å². The Labute approximate surface area is 143 Å². The molecule has 0 spiro atoms. The molecule has 0 aliphatic carbocycles. The molecule has 1 aromatic carbocycles. The average molecular weight is 358 g/mol.